The summed E-state index contributed by atoms with van der Waals surface area (Å²) >= 11 is 0. The van der Waals surface area contributed by atoms with E-state index in [9.17, 15) is 4.79 Å². The largest absolute Gasteiger partial charge is 0.378 e. The number of rotatable bonds is 3. The number of carbonyl (C=O) groups is 1. The molecule has 3 aromatic rings. The standard InChI is InChI=1S/C23H23N3O/c1-17-16-21(24-18-10-4-2-5-11-18)20-14-8-9-15-22(20)26(17)23(27)25-19-12-6-3-7-13-19/h2-15,17,21,24H,16H2,1H3,(H,25,27)/t17-,21+/m0/s1. The second kappa shape index (κ2) is 7.54. The molecule has 0 saturated carbocycles. The first-order chi connectivity index (χ1) is 13.2. The van der Waals surface area contributed by atoms with Crippen molar-refractivity contribution in [3.8, 4) is 0 Å². The first kappa shape index (κ1) is 17.2. The van der Waals surface area contributed by atoms with E-state index in [0.29, 0.717) is 0 Å². The van der Waals surface area contributed by atoms with Crippen molar-refractivity contribution in [1.82, 2.24) is 0 Å². The molecule has 0 saturated heterocycles. The minimum Gasteiger partial charge on any atom is -0.378 e. The van der Waals surface area contributed by atoms with Crippen LogP contribution in [0.5, 0.6) is 0 Å². The van der Waals surface area contributed by atoms with E-state index >= 15 is 0 Å². The molecule has 0 spiro atoms. The molecule has 4 heteroatoms. The summed E-state index contributed by atoms with van der Waals surface area (Å²) in [6, 6.07) is 28.1. The van der Waals surface area contributed by atoms with Gasteiger partial charge in [-0.3, -0.25) is 4.90 Å². The number of anilines is 3. The maximum atomic E-state index is 13.0. The van der Waals surface area contributed by atoms with Crippen LogP contribution in [0.15, 0.2) is 84.9 Å². The number of nitrogens with zero attached hydrogens (tertiary/aromatic N) is 1. The highest BCUT2D eigenvalue weighted by Gasteiger charge is 2.33. The lowest BCUT2D eigenvalue weighted by Crippen LogP contribution is -2.46. The van der Waals surface area contributed by atoms with E-state index in [-0.39, 0.29) is 18.1 Å². The van der Waals surface area contributed by atoms with Crippen LogP contribution in [0.3, 0.4) is 0 Å². The lowest BCUT2D eigenvalue weighted by atomic mass is 9.91. The Morgan fingerprint density at radius 2 is 1.44 bits per heavy atom. The molecule has 0 aliphatic carbocycles. The van der Waals surface area contributed by atoms with Gasteiger partial charge in [0.05, 0.1) is 11.7 Å². The van der Waals surface area contributed by atoms with E-state index in [0.717, 1.165) is 29.0 Å². The van der Waals surface area contributed by atoms with Gasteiger partial charge in [-0.25, -0.2) is 4.79 Å². The van der Waals surface area contributed by atoms with Gasteiger partial charge in [0.15, 0.2) is 0 Å². The summed E-state index contributed by atoms with van der Waals surface area (Å²) in [5, 5.41) is 6.63. The van der Waals surface area contributed by atoms with Crippen molar-refractivity contribution >= 4 is 23.1 Å². The molecule has 0 fully saturated rings. The Kier molecular flexibility index (Phi) is 4.79. The third-order valence-corrected chi connectivity index (χ3v) is 4.95. The molecule has 1 aliphatic rings. The van der Waals surface area contributed by atoms with E-state index in [1.807, 2.05) is 71.6 Å². The topological polar surface area (TPSA) is 44.4 Å². The molecule has 1 aliphatic heterocycles. The smallest absolute Gasteiger partial charge is 0.326 e. The van der Waals surface area contributed by atoms with Crippen molar-refractivity contribution in [3.05, 3.63) is 90.5 Å². The van der Waals surface area contributed by atoms with E-state index in [1.54, 1.807) is 0 Å². The SMILES string of the molecule is C[C@H]1C[C@@H](Nc2ccccc2)c2ccccc2N1C(=O)Nc1ccccc1. The van der Waals surface area contributed by atoms with Gasteiger partial charge in [0, 0.05) is 17.4 Å². The quantitative estimate of drug-likeness (QED) is 0.634. The minimum atomic E-state index is -0.0979. The molecule has 0 unspecified atom stereocenters. The maximum absolute atomic E-state index is 13.0. The normalized spacial score (nSPS) is 18.5. The summed E-state index contributed by atoms with van der Waals surface area (Å²) in [7, 11) is 0. The number of fused-ring (bicyclic) bond motifs is 1. The number of amides is 2. The molecule has 1 heterocycles. The number of nitrogens with one attached hydrogen (secondary N) is 2. The van der Waals surface area contributed by atoms with Crippen LogP contribution in [-0.4, -0.2) is 12.1 Å². The summed E-state index contributed by atoms with van der Waals surface area (Å²) in [5.41, 5.74) is 3.99. The van der Waals surface area contributed by atoms with Gasteiger partial charge >= 0.3 is 6.03 Å². The van der Waals surface area contributed by atoms with E-state index in [4.69, 9.17) is 0 Å². The highest BCUT2D eigenvalue weighted by molar-refractivity contribution is 6.03. The summed E-state index contributed by atoms with van der Waals surface area (Å²) in [5.74, 6) is 0. The van der Waals surface area contributed by atoms with E-state index in [1.165, 1.54) is 0 Å². The lowest BCUT2D eigenvalue weighted by Gasteiger charge is -2.39. The molecular weight excluding hydrogens is 334 g/mol. The fourth-order valence-electron chi connectivity index (χ4n) is 3.70. The van der Waals surface area contributed by atoms with Gasteiger partial charge in [-0.2, -0.15) is 0 Å². The molecule has 3 aromatic carbocycles. The van der Waals surface area contributed by atoms with E-state index < -0.39 is 0 Å². The fourth-order valence-corrected chi connectivity index (χ4v) is 3.70. The highest BCUT2D eigenvalue weighted by Crippen LogP contribution is 2.39. The second-order valence-corrected chi connectivity index (χ2v) is 6.87. The second-order valence-electron chi connectivity index (χ2n) is 6.87. The predicted octanol–water partition coefficient (Wildman–Crippen LogP) is 5.67. The van der Waals surface area contributed by atoms with Gasteiger partial charge in [-0.05, 0) is 49.2 Å². The van der Waals surface area contributed by atoms with Crippen LogP contribution in [0.25, 0.3) is 0 Å². The molecule has 4 nitrogen and oxygen atoms in total. The van der Waals surface area contributed by atoms with Crippen molar-refractivity contribution in [2.75, 3.05) is 15.5 Å². The summed E-state index contributed by atoms with van der Waals surface area (Å²) in [4.78, 5) is 14.9. The molecule has 27 heavy (non-hydrogen) atoms. The average molecular weight is 357 g/mol. The van der Waals surface area contributed by atoms with Crippen LogP contribution in [-0.2, 0) is 0 Å². The Hall–Kier alpha value is -3.27. The Bertz CT molecular complexity index is 911. The zero-order valence-corrected chi connectivity index (χ0v) is 15.3. The third kappa shape index (κ3) is 3.65. The van der Waals surface area contributed by atoms with Crippen molar-refractivity contribution in [1.29, 1.82) is 0 Å². The van der Waals surface area contributed by atoms with Gasteiger partial charge in [0.25, 0.3) is 0 Å². The number of carbonyl (C=O) groups excluding carboxylic acids is 1. The average Bonchev–Trinajstić information content (AvgIpc) is 2.69. The van der Waals surface area contributed by atoms with Gasteiger partial charge < -0.3 is 10.6 Å². The Labute approximate surface area is 159 Å². The summed E-state index contributed by atoms with van der Waals surface area (Å²) < 4.78 is 0. The third-order valence-electron chi connectivity index (χ3n) is 4.95. The fraction of sp³-hybridized carbons (Fsp3) is 0.174. The van der Waals surface area contributed by atoms with E-state index in [2.05, 4.69) is 35.8 Å². The summed E-state index contributed by atoms with van der Waals surface area (Å²) in [6.07, 6.45) is 0.841. The maximum Gasteiger partial charge on any atom is 0.326 e. The molecule has 2 atom stereocenters. The first-order valence-corrected chi connectivity index (χ1v) is 9.28. The van der Waals surface area contributed by atoms with Gasteiger partial charge in [-0.1, -0.05) is 54.6 Å². The number of hydrogen-bond acceptors (Lipinski definition) is 2. The van der Waals surface area contributed by atoms with Crippen molar-refractivity contribution in [2.24, 2.45) is 0 Å². The Morgan fingerprint density at radius 3 is 2.15 bits per heavy atom. The molecule has 0 bridgehead atoms. The van der Waals surface area contributed by atoms with Crippen LogP contribution in [0.4, 0.5) is 21.9 Å². The number of benzene rings is 3. The highest BCUT2D eigenvalue weighted by atomic mass is 16.2. The molecule has 0 aromatic heterocycles. The predicted molar refractivity (Wildman–Crippen MR) is 111 cm³/mol. The van der Waals surface area contributed by atoms with Crippen LogP contribution in [0.2, 0.25) is 0 Å². The van der Waals surface area contributed by atoms with Crippen LogP contribution >= 0.6 is 0 Å². The zero-order chi connectivity index (χ0) is 18.6. The number of hydrogen-bond donors (Lipinski definition) is 2. The molecule has 136 valence electrons. The molecular formula is C23H23N3O. The minimum absolute atomic E-state index is 0.0739. The summed E-state index contributed by atoms with van der Waals surface area (Å²) in [6.45, 7) is 2.10. The molecule has 0 radical (unpaired) electrons. The van der Waals surface area contributed by atoms with Crippen molar-refractivity contribution in [2.45, 2.75) is 25.4 Å². The number of para-hydroxylation sites is 3. The molecule has 2 amide bonds. The van der Waals surface area contributed by atoms with Crippen LogP contribution in [0.1, 0.15) is 24.9 Å². The monoisotopic (exact) mass is 357 g/mol. The van der Waals surface area contributed by atoms with Crippen LogP contribution in [0, 0.1) is 0 Å². The Morgan fingerprint density at radius 1 is 0.852 bits per heavy atom. The Balaban J connectivity index is 1.62. The van der Waals surface area contributed by atoms with Gasteiger partial charge in [0.2, 0.25) is 0 Å². The van der Waals surface area contributed by atoms with Crippen LogP contribution < -0.4 is 15.5 Å². The first-order valence-electron chi connectivity index (χ1n) is 9.28. The molecule has 2 N–H and O–H groups in total. The number of urea groups is 1. The zero-order valence-electron chi connectivity index (χ0n) is 15.3. The lowest BCUT2D eigenvalue weighted by molar-refractivity contribution is 0.254. The van der Waals surface area contributed by atoms with Gasteiger partial charge in [0.1, 0.15) is 0 Å². The van der Waals surface area contributed by atoms with Gasteiger partial charge in [-0.15, -0.1) is 0 Å². The molecule has 4 rings (SSSR count). The van der Waals surface area contributed by atoms with Crippen molar-refractivity contribution < 1.29 is 4.79 Å². The van der Waals surface area contributed by atoms with Crippen molar-refractivity contribution in [3.63, 3.8) is 0 Å².